The fourth-order valence-electron chi connectivity index (χ4n) is 3.32. The average Bonchev–Trinajstić information content (AvgIpc) is 2.68. The number of piperidine rings is 1. The lowest BCUT2D eigenvalue weighted by molar-refractivity contribution is 0.0692. The molecule has 6 nitrogen and oxygen atoms in total. The van der Waals surface area contributed by atoms with E-state index in [2.05, 4.69) is 0 Å². The van der Waals surface area contributed by atoms with Crippen molar-refractivity contribution in [3.63, 3.8) is 0 Å². The smallest absolute Gasteiger partial charge is 0.337 e. The van der Waals surface area contributed by atoms with Crippen molar-refractivity contribution in [2.75, 3.05) is 13.1 Å². The van der Waals surface area contributed by atoms with Gasteiger partial charge in [-0.05, 0) is 31.9 Å². The summed E-state index contributed by atoms with van der Waals surface area (Å²) in [7, 11) is -3.92. The van der Waals surface area contributed by atoms with Crippen LogP contribution in [0.25, 0.3) is 0 Å². The minimum absolute atomic E-state index is 0.0259. The Hall–Kier alpha value is -2.51. The first-order valence-electron chi connectivity index (χ1n) is 8.74. The molecule has 0 aliphatic carbocycles. The van der Waals surface area contributed by atoms with Gasteiger partial charge in [0.1, 0.15) is 0 Å². The first kappa shape index (κ1) is 19.3. The Morgan fingerprint density at radius 3 is 2.19 bits per heavy atom. The van der Waals surface area contributed by atoms with Crippen molar-refractivity contribution in [3.8, 4) is 0 Å². The standard InChI is InChI=1S/C20H21NO5S/c1-14-6-8-15(9-7-14)19(22)16-10-12-21(13-11-16)27(25,26)18-5-3-2-4-17(18)20(23)24/h2-9,16H,10-13H2,1H3,(H,23,24). The van der Waals surface area contributed by atoms with Gasteiger partial charge < -0.3 is 5.11 Å². The molecule has 2 aromatic rings. The number of benzene rings is 2. The van der Waals surface area contributed by atoms with E-state index in [0.29, 0.717) is 18.4 Å². The van der Waals surface area contributed by atoms with Gasteiger partial charge in [-0.25, -0.2) is 13.2 Å². The number of ketones is 1. The molecule has 0 bridgehead atoms. The van der Waals surface area contributed by atoms with E-state index < -0.39 is 16.0 Å². The van der Waals surface area contributed by atoms with Crippen LogP contribution in [0.5, 0.6) is 0 Å². The highest BCUT2D eigenvalue weighted by atomic mass is 32.2. The maximum atomic E-state index is 12.9. The van der Waals surface area contributed by atoms with Crippen molar-refractivity contribution in [2.24, 2.45) is 5.92 Å². The molecule has 0 atom stereocenters. The molecular weight excluding hydrogens is 366 g/mol. The molecule has 0 aromatic heterocycles. The highest BCUT2D eigenvalue weighted by Crippen LogP contribution is 2.27. The Morgan fingerprint density at radius 1 is 1.00 bits per heavy atom. The number of aromatic carboxylic acids is 1. The number of sulfonamides is 1. The average molecular weight is 387 g/mol. The van der Waals surface area contributed by atoms with Crippen molar-refractivity contribution in [3.05, 3.63) is 65.2 Å². The van der Waals surface area contributed by atoms with Gasteiger partial charge in [0, 0.05) is 24.6 Å². The van der Waals surface area contributed by atoms with Crippen LogP contribution in [0, 0.1) is 12.8 Å². The Morgan fingerprint density at radius 2 is 1.59 bits per heavy atom. The van der Waals surface area contributed by atoms with Gasteiger partial charge in [-0.2, -0.15) is 4.31 Å². The van der Waals surface area contributed by atoms with Crippen LogP contribution in [0.4, 0.5) is 0 Å². The van der Waals surface area contributed by atoms with Crippen molar-refractivity contribution >= 4 is 21.8 Å². The van der Waals surface area contributed by atoms with Crippen LogP contribution in [0.15, 0.2) is 53.4 Å². The molecule has 142 valence electrons. The van der Waals surface area contributed by atoms with Crippen LogP contribution in [0.2, 0.25) is 0 Å². The number of aryl methyl sites for hydroxylation is 1. The summed E-state index contributed by atoms with van der Waals surface area (Å²) in [5.41, 5.74) is 1.47. The van der Waals surface area contributed by atoms with Crippen molar-refractivity contribution < 1.29 is 23.1 Å². The summed E-state index contributed by atoms with van der Waals surface area (Å²) >= 11 is 0. The molecule has 0 radical (unpaired) electrons. The third-order valence-corrected chi connectivity index (χ3v) is 6.85. The summed E-state index contributed by atoms with van der Waals surface area (Å²) in [5, 5.41) is 9.26. The van der Waals surface area contributed by atoms with Crippen LogP contribution in [-0.2, 0) is 10.0 Å². The maximum absolute atomic E-state index is 12.9. The van der Waals surface area contributed by atoms with E-state index >= 15 is 0 Å². The fourth-order valence-corrected chi connectivity index (χ4v) is 4.97. The van der Waals surface area contributed by atoms with E-state index in [-0.39, 0.29) is 35.2 Å². The van der Waals surface area contributed by atoms with Gasteiger partial charge in [-0.1, -0.05) is 42.0 Å². The normalized spacial score (nSPS) is 16.2. The molecule has 1 aliphatic heterocycles. The SMILES string of the molecule is Cc1ccc(C(=O)C2CCN(S(=O)(=O)c3ccccc3C(=O)O)CC2)cc1. The molecule has 0 unspecified atom stereocenters. The van der Waals surface area contributed by atoms with Gasteiger partial charge in [0.05, 0.1) is 10.5 Å². The van der Waals surface area contributed by atoms with Crippen LogP contribution in [-0.4, -0.2) is 42.7 Å². The van der Waals surface area contributed by atoms with Crippen molar-refractivity contribution in [1.82, 2.24) is 4.31 Å². The predicted octanol–water partition coefficient (Wildman–Crippen LogP) is 2.98. The second-order valence-corrected chi connectivity index (χ2v) is 8.62. The number of Topliss-reactive ketones (excluding diaryl/α,β-unsaturated/α-hetero) is 1. The van der Waals surface area contributed by atoms with Gasteiger partial charge in [-0.3, -0.25) is 4.79 Å². The Kier molecular flexibility index (Phi) is 5.43. The van der Waals surface area contributed by atoms with Crippen LogP contribution in [0.3, 0.4) is 0 Å². The third-order valence-electron chi connectivity index (χ3n) is 4.90. The molecule has 3 rings (SSSR count). The highest BCUT2D eigenvalue weighted by Gasteiger charge is 2.34. The number of carboxylic acids is 1. The number of carbonyl (C=O) groups excluding carboxylic acids is 1. The van der Waals surface area contributed by atoms with E-state index in [1.54, 1.807) is 12.1 Å². The largest absolute Gasteiger partial charge is 0.478 e. The molecule has 0 saturated carbocycles. The molecule has 1 fully saturated rings. The van der Waals surface area contributed by atoms with Gasteiger partial charge >= 0.3 is 5.97 Å². The molecule has 1 aliphatic rings. The van der Waals surface area contributed by atoms with E-state index in [9.17, 15) is 23.1 Å². The lowest BCUT2D eigenvalue weighted by atomic mass is 9.89. The molecule has 27 heavy (non-hydrogen) atoms. The quantitative estimate of drug-likeness (QED) is 0.797. The summed E-state index contributed by atoms with van der Waals surface area (Å²) in [6.07, 6.45) is 0.836. The van der Waals surface area contributed by atoms with E-state index in [1.165, 1.54) is 28.6 Å². The number of carboxylic acid groups (broad SMARTS) is 1. The minimum atomic E-state index is -3.92. The number of nitrogens with zero attached hydrogens (tertiary/aromatic N) is 1. The van der Waals surface area contributed by atoms with E-state index in [0.717, 1.165) is 5.56 Å². The molecule has 2 aromatic carbocycles. The van der Waals surface area contributed by atoms with Gasteiger partial charge in [0.2, 0.25) is 10.0 Å². The molecule has 0 amide bonds. The topological polar surface area (TPSA) is 91.8 Å². The van der Waals surface area contributed by atoms with Crippen LogP contribution < -0.4 is 0 Å². The summed E-state index contributed by atoms with van der Waals surface area (Å²) < 4.78 is 27.0. The van der Waals surface area contributed by atoms with Gasteiger partial charge in [0.15, 0.2) is 5.78 Å². The molecular formula is C20H21NO5S. The first-order valence-corrected chi connectivity index (χ1v) is 10.2. The van der Waals surface area contributed by atoms with Crippen molar-refractivity contribution in [1.29, 1.82) is 0 Å². The van der Waals surface area contributed by atoms with Gasteiger partial charge in [-0.15, -0.1) is 0 Å². The number of carbonyl (C=O) groups is 2. The van der Waals surface area contributed by atoms with Gasteiger partial charge in [0.25, 0.3) is 0 Å². The monoisotopic (exact) mass is 387 g/mol. The lowest BCUT2D eigenvalue weighted by Gasteiger charge is -2.30. The van der Waals surface area contributed by atoms with Crippen molar-refractivity contribution in [2.45, 2.75) is 24.7 Å². The zero-order valence-electron chi connectivity index (χ0n) is 15.0. The molecule has 1 saturated heterocycles. The highest BCUT2D eigenvalue weighted by molar-refractivity contribution is 7.89. The second-order valence-electron chi connectivity index (χ2n) is 6.71. The lowest BCUT2D eigenvalue weighted by Crippen LogP contribution is -2.40. The summed E-state index contributed by atoms with van der Waals surface area (Å²) in [5.74, 6) is -1.48. The predicted molar refractivity (Wildman–Crippen MR) is 100 cm³/mol. The van der Waals surface area contributed by atoms with E-state index in [1.807, 2.05) is 19.1 Å². The number of rotatable bonds is 5. The Labute approximate surface area is 158 Å². The van der Waals surface area contributed by atoms with Crippen LogP contribution in [0.1, 0.15) is 39.1 Å². The molecule has 1 heterocycles. The molecule has 7 heteroatoms. The zero-order chi connectivity index (χ0) is 19.6. The van der Waals surface area contributed by atoms with E-state index in [4.69, 9.17) is 0 Å². The minimum Gasteiger partial charge on any atom is -0.478 e. The third kappa shape index (κ3) is 3.94. The molecule has 1 N–H and O–H groups in total. The zero-order valence-corrected chi connectivity index (χ0v) is 15.8. The number of hydrogen-bond donors (Lipinski definition) is 1. The summed E-state index contributed by atoms with van der Waals surface area (Å²) in [6, 6.07) is 13.0. The molecule has 0 spiro atoms. The maximum Gasteiger partial charge on any atom is 0.337 e. The summed E-state index contributed by atoms with van der Waals surface area (Å²) in [6.45, 7) is 2.34. The Balaban J connectivity index is 1.74. The first-order chi connectivity index (χ1) is 12.8. The number of hydrogen-bond acceptors (Lipinski definition) is 4. The Bertz CT molecular complexity index is 958. The van der Waals surface area contributed by atoms with Crippen LogP contribution >= 0.6 is 0 Å². The fraction of sp³-hybridized carbons (Fsp3) is 0.300. The second kappa shape index (κ2) is 7.62. The summed E-state index contributed by atoms with van der Waals surface area (Å²) in [4.78, 5) is 23.8.